The van der Waals surface area contributed by atoms with Gasteiger partial charge in [0.15, 0.2) is 5.79 Å². The van der Waals surface area contributed by atoms with E-state index < -0.39 is 11.7 Å². The standard InChI is InChI=1S/C28H44O2/c1-24(2,3)20-13-18(14-21(17-20)25(4,5)6)19-15-22(26(7,8)9)28(29,30)23(16-19)27(10,11)12/h13-17,22,29-30H,1-12H3. The molecule has 0 fully saturated rings. The van der Waals surface area contributed by atoms with Crippen molar-refractivity contribution >= 4 is 5.57 Å². The summed E-state index contributed by atoms with van der Waals surface area (Å²) in [5.41, 5.74) is 4.91. The van der Waals surface area contributed by atoms with Crippen LogP contribution in [0.5, 0.6) is 0 Å². The predicted octanol–water partition coefficient (Wildman–Crippen LogP) is 6.99. The predicted molar refractivity (Wildman–Crippen MR) is 129 cm³/mol. The molecule has 1 aliphatic rings. The summed E-state index contributed by atoms with van der Waals surface area (Å²) < 4.78 is 0. The van der Waals surface area contributed by atoms with Crippen LogP contribution >= 0.6 is 0 Å². The van der Waals surface area contributed by atoms with Crippen molar-refractivity contribution in [1.82, 2.24) is 0 Å². The lowest BCUT2D eigenvalue weighted by Gasteiger charge is -2.46. The first-order valence-corrected chi connectivity index (χ1v) is 11.2. The molecule has 0 aliphatic heterocycles. The number of rotatable bonds is 1. The van der Waals surface area contributed by atoms with Crippen LogP contribution in [-0.4, -0.2) is 16.0 Å². The maximum absolute atomic E-state index is 11.2. The van der Waals surface area contributed by atoms with Crippen molar-refractivity contribution in [3.05, 3.63) is 52.6 Å². The van der Waals surface area contributed by atoms with Crippen LogP contribution in [-0.2, 0) is 10.8 Å². The zero-order valence-corrected chi connectivity index (χ0v) is 21.4. The average molecular weight is 413 g/mol. The summed E-state index contributed by atoms with van der Waals surface area (Å²) in [5, 5.41) is 22.5. The second kappa shape index (κ2) is 7.35. The highest BCUT2D eigenvalue weighted by atomic mass is 16.5. The minimum Gasteiger partial charge on any atom is -0.362 e. The molecule has 1 aliphatic carbocycles. The molecule has 2 heteroatoms. The number of allylic oxidation sites excluding steroid dienone is 2. The largest absolute Gasteiger partial charge is 0.362 e. The Morgan fingerprint density at radius 2 is 1.10 bits per heavy atom. The molecule has 2 N–H and O–H groups in total. The lowest BCUT2D eigenvalue weighted by molar-refractivity contribution is -0.187. The Labute approximate surface area is 185 Å². The highest BCUT2D eigenvalue weighted by molar-refractivity contribution is 5.78. The fourth-order valence-corrected chi connectivity index (χ4v) is 4.24. The van der Waals surface area contributed by atoms with Crippen molar-refractivity contribution in [1.29, 1.82) is 0 Å². The van der Waals surface area contributed by atoms with Gasteiger partial charge in [-0.25, -0.2) is 0 Å². The van der Waals surface area contributed by atoms with E-state index in [-0.39, 0.29) is 21.7 Å². The van der Waals surface area contributed by atoms with Gasteiger partial charge in [0.1, 0.15) is 0 Å². The van der Waals surface area contributed by atoms with Crippen LogP contribution in [0.15, 0.2) is 35.9 Å². The summed E-state index contributed by atoms with van der Waals surface area (Å²) in [6, 6.07) is 6.88. The SMILES string of the molecule is CC(C)(C)C1=CC(c2cc(C(C)(C)C)cc(C(C)(C)C)c2)=CC(C(C)(C)C)C1(O)O. The van der Waals surface area contributed by atoms with E-state index >= 15 is 0 Å². The van der Waals surface area contributed by atoms with Gasteiger partial charge in [0, 0.05) is 5.92 Å². The second-order valence-electron chi connectivity index (χ2n) is 13.3. The first-order chi connectivity index (χ1) is 13.1. The summed E-state index contributed by atoms with van der Waals surface area (Å²) >= 11 is 0. The molecular weight excluding hydrogens is 368 g/mol. The summed E-state index contributed by atoms with van der Waals surface area (Å²) in [5.74, 6) is -2.27. The van der Waals surface area contributed by atoms with Gasteiger partial charge in [-0.15, -0.1) is 0 Å². The molecule has 0 aromatic heterocycles. The lowest BCUT2D eigenvalue weighted by atomic mass is 9.64. The van der Waals surface area contributed by atoms with Gasteiger partial charge in [-0.05, 0) is 55.6 Å². The Hall–Kier alpha value is -1.38. The Morgan fingerprint density at radius 1 is 0.667 bits per heavy atom. The van der Waals surface area contributed by atoms with Crippen LogP contribution in [0.25, 0.3) is 5.57 Å². The molecule has 30 heavy (non-hydrogen) atoms. The number of hydrogen-bond acceptors (Lipinski definition) is 2. The normalized spacial score (nSPS) is 20.7. The molecule has 0 saturated heterocycles. The monoisotopic (exact) mass is 412 g/mol. The minimum atomic E-state index is -1.87. The van der Waals surface area contributed by atoms with Crippen molar-refractivity contribution in [3.63, 3.8) is 0 Å². The van der Waals surface area contributed by atoms with E-state index in [0.29, 0.717) is 5.57 Å². The topological polar surface area (TPSA) is 40.5 Å². The molecule has 0 bridgehead atoms. The molecule has 1 aromatic rings. The highest BCUT2D eigenvalue weighted by Gasteiger charge is 2.48. The molecule has 1 aromatic carbocycles. The molecule has 1 unspecified atom stereocenters. The van der Waals surface area contributed by atoms with Crippen LogP contribution < -0.4 is 0 Å². The van der Waals surface area contributed by atoms with Crippen LogP contribution in [0.3, 0.4) is 0 Å². The van der Waals surface area contributed by atoms with E-state index in [0.717, 1.165) is 11.1 Å². The highest BCUT2D eigenvalue weighted by Crippen LogP contribution is 2.49. The first kappa shape index (κ1) is 24.9. The zero-order chi connectivity index (χ0) is 23.5. The minimum absolute atomic E-state index is 0.0307. The van der Waals surface area contributed by atoms with Gasteiger partial charge in [0.25, 0.3) is 0 Å². The third kappa shape index (κ3) is 5.08. The van der Waals surface area contributed by atoms with Gasteiger partial charge in [-0.3, -0.25) is 0 Å². The van der Waals surface area contributed by atoms with E-state index in [1.807, 2.05) is 6.08 Å². The fraction of sp³-hybridized carbons (Fsp3) is 0.643. The maximum atomic E-state index is 11.2. The zero-order valence-electron chi connectivity index (χ0n) is 21.4. The summed E-state index contributed by atoms with van der Waals surface area (Å²) in [6.45, 7) is 25.8. The fourth-order valence-electron chi connectivity index (χ4n) is 4.24. The number of benzene rings is 1. The van der Waals surface area contributed by atoms with E-state index in [9.17, 15) is 10.2 Å². The molecule has 1 atom stereocenters. The van der Waals surface area contributed by atoms with E-state index in [1.165, 1.54) is 11.1 Å². The molecule has 0 spiro atoms. The van der Waals surface area contributed by atoms with Crippen molar-refractivity contribution in [2.45, 2.75) is 99.7 Å². The molecule has 2 nitrogen and oxygen atoms in total. The second-order valence-corrected chi connectivity index (χ2v) is 13.3. The molecule has 2 rings (SSSR count). The van der Waals surface area contributed by atoms with E-state index in [1.54, 1.807) is 0 Å². The van der Waals surface area contributed by atoms with Gasteiger partial charge in [-0.1, -0.05) is 107 Å². The molecule has 0 amide bonds. The van der Waals surface area contributed by atoms with E-state index in [2.05, 4.69) is 107 Å². The molecule has 0 heterocycles. The number of hydrogen-bond donors (Lipinski definition) is 2. The van der Waals surface area contributed by atoms with Gasteiger partial charge >= 0.3 is 0 Å². The summed E-state index contributed by atoms with van der Waals surface area (Å²) in [6.07, 6.45) is 4.08. The van der Waals surface area contributed by atoms with E-state index in [4.69, 9.17) is 0 Å². The maximum Gasteiger partial charge on any atom is 0.193 e. The Bertz CT molecular complexity index is 822. The van der Waals surface area contributed by atoms with Crippen LogP contribution in [0, 0.1) is 16.7 Å². The van der Waals surface area contributed by atoms with Gasteiger partial charge in [0.05, 0.1) is 0 Å². The smallest absolute Gasteiger partial charge is 0.193 e. The molecule has 0 saturated carbocycles. The summed E-state index contributed by atoms with van der Waals surface area (Å²) in [4.78, 5) is 0. The third-order valence-electron chi connectivity index (χ3n) is 6.22. The van der Waals surface area contributed by atoms with Crippen LogP contribution in [0.1, 0.15) is 99.8 Å². The van der Waals surface area contributed by atoms with Gasteiger partial charge < -0.3 is 10.2 Å². The number of aliphatic hydroxyl groups is 2. The van der Waals surface area contributed by atoms with Crippen molar-refractivity contribution in [2.24, 2.45) is 16.7 Å². The van der Waals surface area contributed by atoms with Crippen molar-refractivity contribution in [2.75, 3.05) is 0 Å². The van der Waals surface area contributed by atoms with Crippen LogP contribution in [0.2, 0.25) is 0 Å². The molecule has 0 radical (unpaired) electrons. The van der Waals surface area contributed by atoms with Crippen LogP contribution in [0.4, 0.5) is 0 Å². The average Bonchev–Trinajstić information content (AvgIpc) is 2.49. The molecular formula is C28H44O2. The Kier molecular flexibility index (Phi) is 6.09. The Balaban J connectivity index is 2.83. The summed E-state index contributed by atoms with van der Waals surface area (Å²) in [7, 11) is 0. The van der Waals surface area contributed by atoms with Crippen molar-refractivity contribution < 1.29 is 10.2 Å². The Morgan fingerprint density at radius 3 is 1.43 bits per heavy atom. The lowest BCUT2D eigenvalue weighted by Crippen LogP contribution is -2.49. The first-order valence-electron chi connectivity index (χ1n) is 11.2. The quantitative estimate of drug-likeness (QED) is 0.488. The third-order valence-corrected chi connectivity index (χ3v) is 6.22. The van der Waals surface area contributed by atoms with Gasteiger partial charge in [0.2, 0.25) is 0 Å². The molecule has 168 valence electrons. The van der Waals surface area contributed by atoms with Gasteiger partial charge in [-0.2, -0.15) is 0 Å². The van der Waals surface area contributed by atoms with Crippen molar-refractivity contribution in [3.8, 4) is 0 Å².